The highest BCUT2D eigenvalue weighted by atomic mass is 16.4. The van der Waals surface area contributed by atoms with Gasteiger partial charge in [-0.3, -0.25) is 24.0 Å². The Hall–Kier alpha value is -4.00. The first-order valence-corrected chi connectivity index (χ1v) is 11.8. The third kappa shape index (κ3) is 11.5. The molecular weight excluding hydrogens is 484 g/mol. The summed E-state index contributed by atoms with van der Waals surface area (Å²) in [6, 6.07) is 3.79. The third-order valence-electron chi connectivity index (χ3n) is 5.54. The molecule has 0 radical (unpaired) electrons. The summed E-state index contributed by atoms with van der Waals surface area (Å²) >= 11 is 0. The Morgan fingerprint density at radius 3 is 1.70 bits per heavy atom. The zero-order valence-corrected chi connectivity index (χ0v) is 20.9. The van der Waals surface area contributed by atoms with E-state index in [4.69, 9.17) is 17.2 Å². The number of aliphatic carboxylic acids is 1. The summed E-state index contributed by atoms with van der Waals surface area (Å²) in [5.41, 5.74) is 16.8. The number of benzene rings is 1. The lowest BCUT2D eigenvalue weighted by atomic mass is 10.0. The van der Waals surface area contributed by atoms with Crippen LogP contribution in [0.1, 0.15) is 45.1 Å². The molecule has 0 spiro atoms. The number of amides is 5. The fourth-order valence-electron chi connectivity index (χ4n) is 3.27. The number of hydrogen-bond acceptors (Lipinski definition) is 7. The molecule has 0 aromatic heterocycles. The van der Waals surface area contributed by atoms with Crippen LogP contribution in [0.25, 0.3) is 0 Å². The summed E-state index contributed by atoms with van der Waals surface area (Å²) in [4.78, 5) is 72.7. The Kier molecular flexibility index (Phi) is 12.7. The summed E-state index contributed by atoms with van der Waals surface area (Å²) in [5.74, 6) is -5.28. The molecule has 0 fully saturated rings. The summed E-state index contributed by atoms with van der Waals surface area (Å²) in [6.07, 6.45) is -0.896. The van der Waals surface area contributed by atoms with E-state index in [2.05, 4.69) is 16.0 Å². The van der Waals surface area contributed by atoms with Gasteiger partial charge in [0.15, 0.2) is 0 Å². The maximum absolute atomic E-state index is 13.1. The Labute approximate surface area is 214 Å². The van der Waals surface area contributed by atoms with E-state index >= 15 is 0 Å². The van der Waals surface area contributed by atoms with Crippen LogP contribution in [0.5, 0.6) is 0 Å². The lowest BCUT2D eigenvalue weighted by molar-refractivity contribution is -0.142. The number of rotatable bonds is 16. The largest absolute Gasteiger partial charge is 0.480 e. The van der Waals surface area contributed by atoms with Crippen molar-refractivity contribution in [3.63, 3.8) is 0 Å². The second kappa shape index (κ2) is 15.2. The first kappa shape index (κ1) is 31.0. The number of primary amides is 2. The zero-order chi connectivity index (χ0) is 28.1. The van der Waals surface area contributed by atoms with E-state index in [1.54, 1.807) is 44.2 Å². The summed E-state index contributed by atoms with van der Waals surface area (Å²) in [7, 11) is 0. The van der Waals surface area contributed by atoms with E-state index in [1.165, 1.54) is 0 Å². The number of carbonyl (C=O) groups is 6. The van der Waals surface area contributed by atoms with Gasteiger partial charge in [0.1, 0.15) is 18.1 Å². The Bertz CT molecular complexity index is 970. The monoisotopic (exact) mass is 520 g/mol. The van der Waals surface area contributed by atoms with E-state index in [0.29, 0.717) is 5.56 Å². The number of hydrogen-bond donors (Lipinski definition) is 7. The van der Waals surface area contributed by atoms with Crippen molar-refractivity contribution in [1.82, 2.24) is 16.0 Å². The molecule has 5 amide bonds. The van der Waals surface area contributed by atoms with E-state index in [0.717, 1.165) is 0 Å². The molecular formula is C24H36N6O7. The van der Waals surface area contributed by atoms with Crippen molar-refractivity contribution in [3.05, 3.63) is 35.9 Å². The van der Waals surface area contributed by atoms with E-state index in [9.17, 15) is 33.9 Å². The fourth-order valence-corrected chi connectivity index (χ4v) is 3.27. The van der Waals surface area contributed by atoms with Crippen LogP contribution in [0.15, 0.2) is 30.3 Å². The lowest BCUT2D eigenvalue weighted by Gasteiger charge is -2.25. The first-order valence-electron chi connectivity index (χ1n) is 11.8. The van der Waals surface area contributed by atoms with Crippen LogP contribution in [0.4, 0.5) is 0 Å². The van der Waals surface area contributed by atoms with Crippen molar-refractivity contribution < 1.29 is 33.9 Å². The molecule has 0 heterocycles. The van der Waals surface area contributed by atoms with Gasteiger partial charge >= 0.3 is 5.97 Å². The van der Waals surface area contributed by atoms with Gasteiger partial charge in [0.2, 0.25) is 29.5 Å². The highest BCUT2D eigenvalue weighted by Crippen LogP contribution is 2.08. The average Bonchev–Trinajstić information content (AvgIpc) is 2.82. The minimum Gasteiger partial charge on any atom is -0.480 e. The molecule has 37 heavy (non-hydrogen) atoms. The van der Waals surface area contributed by atoms with Gasteiger partial charge in [-0.2, -0.15) is 0 Å². The van der Waals surface area contributed by atoms with Crippen molar-refractivity contribution in [2.75, 3.05) is 0 Å². The van der Waals surface area contributed by atoms with E-state index in [1.807, 2.05) is 0 Å². The molecule has 1 aromatic rings. The molecule has 0 aliphatic heterocycles. The predicted octanol–water partition coefficient (Wildman–Crippen LogP) is -1.72. The lowest BCUT2D eigenvalue weighted by Crippen LogP contribution is -2.58. The second-order valence-electron chi connectivity index (χ2n) is 8.99. The van der Waals surface area contributed by atoms with Crippen LogP contribution in [-0.4, -0.2) is 64.8 Å². The molecule has 204 valence electrons. The number of nitrogens with one attached hydrogen (secondary N) is 3. The van der Waals surface area contributed by atoms with Crippen LogP contribution < -0.4 is 33.2 Å². The highest BCUT2D eigenvalue weighted by Gasteiger charge is 2.31. The molecule has 0 aliphatic rings. The van der Waals surface area contributed by atoms with Crippen molar-refractivity contribution in [3.8, 4) is 0 Å². The normalized spacial score (nSPS) is 14.1. The smallest absolute Gasteiger partial charge is 0.326 e. The molecule has 0 saturated carbocycles. The molecule has 0 bridgehead atoms. The maximum Gasteiger partial charge on any atom is 0.326 e. The Morgan fingerprint density at radius 1 is 0.757 bits per heavy atom. The van der Waals surface area contributed by atoms with Crippen molar-refractivity contribution in [2.24, 2.45) is 23.1 Å². The molecule has 10 N–H and O–H groups in total. The molecule has 1 rings (SSSR count). The average molecular weight is 521 g/mol. The van der Waals surface area contributed by atoms with Crippen LogP contribution in [-0.2, 0) is 35.2 Å². The fraction of sp³-hybridized carbons (Fsp3) is 0.500. The number of carboxylic acids is 1. The standard InChI is InChI=1S/C24H36N6O7/c1-13(2)20(27)23(35)28-15(8-10-18(25)31)21(33)30-17(12-14-6-4-3-5-7-14)22(34)29-16(24(36)37)9-11-19(26)32/h3-7,13,15-17,20H,8-12,27H2,1-2H3,(H2,25,31)(H2,26,32)(H,28,35)(H,29,34)(H,30,33)(H,36,37). The van der Waals surface area contributed by atoms with Gasteiger partial charge in [-0.05, 0) is 24.3 Å². The number of carboxylic acid groups (broad SMARTS) is 1. The van der Waals surface area contributed by atoms with Crippen LogP contribution in [0.3, 0.4) is 0 Å². The number of nitrogens with two attached hydrogens (primary N) is 3. The molecule has 13 heteroatoms. The van der Waals surface area contributed by atoms with Crippen molar-refractivity contribution in [2.45, 2.75) is 70.1 Å². The van der Waals surface area contributed by atoms with Gasteiger partial charge in [-0.25, -0.2) is 4.79 Å². The summed E-state index contributed by atoms with van der Waals surface area (Å²) in [5, 5.41) is 16.8. The van der Waals surface area contributed by atoms with Crippen molar-refractivity contribution >= 4 is 35.5 Å². The minimum atomic E-state index is -1.43. The van der Waals surface area contributed by atoms with Crippen LogP contribution in [0.2, 0.25) is 0 Å². The van der Waals surface area contributed by atoms with E-state index in [-0.39, 0.29) is 38.0 Å². The molecule has 4 unspecified atom stereocenters. The molecule has 4 atom stereocenters. The highest BCUT2D eigenvalue weighted by molar-refractivity contribution is 5.94. The maximum atomic E-state index is 13.1. The molecule has 0 aliphatic carbocycles. The zero-order valence-electron chi connectivity index (χ0n) is 20.9. The minimum absolute atomic E-state index is 0.0113. The third-order valence-corrected chi connectivity index (χ3v) is 5.54. The van der Waals surface area contributed by atoms with Gasteiger partial charge < -0.3 is 38.3 Å². The second-order valence-corrected chi connectivity index (χ2v) is 8.99. The SMILES string of the molecule is CC(C)C(N)C(=O)NC(CCC(N)=O)C(=O)NC(Cc1ccccc1)C(=O)NC(CCC(N)=O)C(=O)O. The molecule has 0 saturated heterocycles. The molecule has 13 nitrogen and oxygen atoms in total. The summed E-state index contributed by atoms with van der Waals surface area (Å²) < 4.78 is 0. The van der Waals surface area contributed by atoms with Gasteiger partial charge in [0.25, 0.3) is 0 Å². The summed E-state index contributed by atoms with van der Waals surface area (Å²) in [6.45, 7) is 3.44. The van der Waals surface area contributed by atoms with Gasteiger partial charge in [-0.15, -0.1) is 0 Å². The van der Waals surface area contributed by atoms with Crippen LogP contribution >= 0.6 is 0 Å². The first-order chi connectivity index (χ1) is 17.3. The number of carbonyl (C=O) groups excluding carboxylic acids is 5. The van der Waals surface area contributed by atoms with Crippen molar-refractivity contribution in [1.29, 1.82) is 0 Å². The topological polar surface area (TPSA) is 237 Å². The quantitative estimate of drug-likeness (QED) is 0.132. The predicted molar refractivity (Wildman–Crippen MR) is 133 cm³/mol. The van der Waals surface area contributed by atoms with Gasteiger partial charge in [0.05, 0.1) is 6.04 Å². The van der Waals surface area contributed by atoms with Crippen LogP contribution in [0, 0.1) is 5.92 Å². The van der Waals surface area contributed by atoms with Gasteiger partial charge in [0, 0.05) is 19.3 Å². The van der Waals surface area contributed by atoms with E-state index < -0.39 is 59.7 Å². The van der Waals surface area contributed by atoms with Gasteiger partial charge in [-0.1, -0.05) is 44.2 Å². The Morgan fingerprint density at radius 2 is 1.22 bits per heavy atom. The Balaban J connectivity index is 3.15. The molecule has 1 aromatic carbocycles.